The van der Waals surface area contributed by atoms with E-state index < -0.39 is 0 Å². The number of aromatic nitrogens is 2. The van der Waals surface area contributed by atoms with Crippen LogP contribution in [0.4, 0.5) is 0 Å². The van der Waals surface area contributed by atoms with E-state index in [-0.39, 0.29) is 0 Å². The maximum atomic E-state index is 4.55. The van der Waals surface area contributed by atoms with Crippen molar-refractivity contribution in [1.29, 1.82) is 0 Å². The van der Waals surface area contributed by atoms with Gasteiger partial charge in [0.25, 0.3) is 0 Å². The maximum Gasteiger partial charge on any atom is 0.0738 e. The molecular formula is C13H24BrN3. The van der Waals surface area contributed by atoms with Gasteiger partial charge in [-0.05, 0) is 62.1 Å². The standard InChI is InChI=1S/C13H24BrN3/c1-5-7-11(9-15-4)8-12-13(14)10(3)16-17(12)6-2/h11,15H,5-9H2,1-4H3. The number of nitrogens with zero attached hydrogens (tertiary/aromatic N) is 2. The van der Waals surface area contributed by atoms with Crippen molar-refractivity contribution in [3.8, 4) is 0 Å². The highest BCUT2D eigenvalue weighted by atomic mass is 79.9. The molecule has 0 fully saturated rings. The lowest BCUT2D eigenvalue weighted by atomic mass is 9.97. The Morgan fingerprint density at radius 3 is 2.65 bits per heavy atom. The summed E-state index contributed by atoms with van der Waals surface area (Å²) in [7, 11) is 2.03. The van der Waals surface area contributed by atoms with E-state index in [1.807, 2.05) is 7.05 Å². The van der Waals surface area contributed by atoms with Gasteiger partial charge in [0.2, 0.25) is 0 Å². The Balaban J connectivity index is 2.83. The molecule has 1 aromatic rings. The van der Waals surface area contributed by atoms with Crippen molar-refractivity contribution >= 4 is 15.9 Å². The van der Waals surface area contributed by atoms with Gasteiger partial charge in [0.1, 0.15) is 0 Å². The smallest absolute Gasteiger partial charge is 0.0738 e. The molecule has 0 amide bonds. The monoisotopic (exact) mass is 301 g/mol. The fourth-order valence-electron chi connectivity index (χ4n) is 2.31. The first-order chi connectivity index (χ1) is 8.13. The van der Waals surface area contributed by atoms with E-state index in [9.17, 15) is 0 Å². The molecule has 0 aliphatic carbocycles. The first-order valence-electron chi connectivity index (χ1n) is 6.50. The molecule has 0 radical (unpaired) electrons. The summed E-state index contributed by atoms with van der Waals surface area (Å²) in [6.45, 7) is 8.48. The Labute approximate surface area is 113 Å². The summed E-state index contributed by atoms with van der Waals surface area (Å²) in [4.78, 5) is 0. The van der Waals surface area contributed by atoms with E-state index in [0.29, 0.717) is 5.92 Å². The highest BCUT2D eigenvalue weighted by Crippen LogP contribution is 2.25. The lowest BCUT2D eigenvalue weighted by Crippen LogP contribution is -2.22. The fraction of sp³-hybridized carbons (Fsp3) is 0.769. The number of aryl methyl sites for hydroxylation is 2. The molecule has 1 N–H and O–H groups in total. The number of hydrogen-bond donors (Lipinski definition) is 1. The van der Waals surface area contributed by atoms with E-state index in [1.165, 1.54) is 23.0 Å². The zero-order chi connectivity index (χ0) is 12.8. The number of nitrogens with one attached hydrogen (secondary N) is 1. The van der Waals surface area contributed by atoms with Gasteiger partial charge in [-0.25, -0.2) is 0 Å². The van der Waals surface area contributed by atoms with Crippen LogP contribution in [0.25, 0.3) is 0 Å². The van der Waals surface area contributed by atoms with Crippen molar-refractivity contribution in [2.75, 3.05) is 13.6 Å². The Hall–Kier alpha value is -0.350. The normalized spacial score (nSPS) is 13.0. The van der Waals surface area contributed by atoms with Crippen LogP contribution < -0.4 is 5.32 Å². The summed E-state index contributed by atoms with van der Waals surface area (Å²) in [5.41, 5.74) is 2.44. The molecule has 17 heavy (non-hydrogen) atoms. The van der Waals surface area contributed by atoms with Crippen LogP contribution in [-0.2, 0) is 13.0 Å². The minimum Gasteiger partial charge on any atom is -0.319 e. The third-order valence-corrected chi connectivity index (χ3v) is 4.16. The van der Waals surface area contributed by atoms with Crippen molar-refractivity contribution in [2.45, 2.75) is 46.6 Å². The van der Waals surface area contributed by atoms with E-state index >= 15 is 0 Å². The van der Waals surface area contributed by atoms with Crippen LogP contribution in [0.2, 0.25) is 0 Å². The Morgan fingerprint density at radius 1 is 1.41 bits per heavy atom. The maximum absolute atomic E-state index is 4.55. The zero-order valence-corrected chi connectivity index (χ0v) is 13.0. The molecule has 1 atom stereocenters. The second-order valence-corrected chi connectivity index (χ2v) is 5.37. The second-order valence-electron chi connectivity index (χ2n) is 4.58. The van der Waals surface area contributed by atoms with E-state index in [1.54, 1.807) is 0 Å². The first-order valence-corrected chi connectivity index (χ1v) is 7.29. The van der Waals surface area contributed by atoms with Gasteiger partial charge in [-0.1, -0.05) is 13.3 Å². The molecule has 1 rings (SSSR count). The van der Waals surface area contributed by atoms with Crippen molar-refractivity contribution in [2.24, 2.45) is 5.92 Å². The average Bonchev–Trinajstić information content (AvgIpc) is 2.57. The average molecular weight is 302 g/mol. The van der Waals surface area contributed by atoms with Crippen LogP contribution in [0.5, 0.6) is 0 Å². The molecule has 0 saturated carbocycles. The topological polar surface area (TPSA) is 29.9 Å². The summed E-state index contributed by atoms with van der Waals surface area (Å²) < 4.78 is 3.31. The van der Waals surface area contributed by atoms with E-state index in [2.05, 4.69) is 51.8 Å². The molecule has 0 spiro atoms. The van der Waals surface area contributed by atoms with Crippen LogP contribution in [0.1, 0.15) is 38.1 Å². The third kappa shape index (κ3) is 3.81. The largest absolute Gasteiger partial charge is 0.319 e. The van der Waals surface area contributed by atoms with Gasteiger partial charge in [0.05, 0.1) is 15.9 Å². The molecule has 0 aromatic carbocycles. The molecule has 1 unspecified atom stereocenters. The Morgan fingerprint density at radius 2 is 2.12 bits per heavy atom. The van der Waals surface area contributed by atoms with Crippen LogP contribution >= 0.6 is 15.9 Å². The molecule has 0 aliphatic heterocycles. The van der Waals surface area contributed by atoms with Crippen molar-refractivity contribution in [3.05, 3.63) is 15.9 Å². The van der Waals surface area contributed by atoms with Gasteiger partial charge in [0, 0.05) is 6.54 Å². The Bertz CT molecular complexity index is 341. The van der Waals surface area contributed by atoms with E-state index in [4.69, 9.17) is 0 Å². The van der Waals surface area contributed by atoms with Gasteiger partial charge in [-0.3, -0.25) is 4.68 Å². The summed E-state index contributed by atoms with van der Waals surface area (Å²) in [5.74, 6) is 0.697. The van der Waals surface area contributed by atoms with E-state index in [0.717, 1.165) is 25.2 Å². The minimum absolute atomic E-state index is 0.697. The fourth-order valence-corrected chi connectivity index (χ4v) is 2.76. The van der Waals surface area contributed by atoms with Crippen LogP contribution in [0.15, 0.2) is 4.47 Å². The summed E-state index contributed by atoms with van der Waals surface area (Å²) in [6.07, 6.45) is 3.61. The number of halogens is 1. The summed E-state index contributed by atoms with van der Waals surface area (Å²) in [5, 5.41) is 7.84. The molecule has 98 valence electrons. The number of rotatable bonds is 7. The lowest BCUT2D eigenvalue weighted by Gasteiger charge is -2.16. The molecule has 3 nitrogen and oxygen atoms in total. The number of hydrogen-bond acceptors (Lipinski definition) is 2. The molecule has 0 bridgehead atoms. The zero-order valence-electron chi connectivity index (χ0n) is 11.4. The van der Waals surface area contributed by atoms with Gasteiger partial charge in [-0.2, -0.15) is 5.10 Å². The van der Waals surface area contributed by atoms with Gasteiger partial charge < -0.3 is 5.32 Å². The molecule has 1 aromatic heterocycles. The molecule has 0 saturated heterocycles. The van der Waals surface area contributed by atoms with Crippen molar-refractivity contribution in [3.63, 3.8) is 0 Å². The molecular weight excluding hydrogens is 278 g/mol. The quantitative estimate of drug-likeness (QED) is 0.838. The first kappa shape index (κ1) is 14.7. The Kier molecular flexibility index (Phi) is 6.20. The van der Waals surface area contributed by atoms with Gasteiger partial charge >= 0.3 is 0 Å². The highest BCUT2D eigenvalue weighted by molar-refractivity contribution is 9.10. The van der Waals surface area contributed by atoms with Gasteiger partial charge in [0.15, 0.2) is 0 Å². The summed E-state index contributed by atoms with van der Waals surface area (Å²) in [6, 6.07) is 0. The predicted octanol–water partition coefficient (Wildman–Crippen LogP) is 3.15. The van der Waals surface area contributed by atoms with Crippen LogP contribution in [0, 0.1) is 12.8 Å². The minimum atomic E-state index is 0.697. The van der Waals surface area contributed by atoms with Crippen molar-refractivity contribution in [1.82, 2.24) is 15.1 Å². The molecule has 1 heterocycles. The highest BCUT2D eigenvalue weighted by Gasteiger charge is 2.16. The lowest BCUT2D eigenvalue weighted by molar-refractivity contribution is 0.438. The van der Waals surface area contributed by atoms with Crippen LogP contribution in [-0.4, -0.2) is 23.4 Å². The second kappa shape index (κ2) is 7.17. The molecule has 4 heteroatoms. The van der Waals surface area contributed by atoms with Gasteiger partial charge in [-0.15, -0.1) is 0 Å². The third-order valence-electron chi connectivity index (χ3n) is 3.12. The SMILES string of the molecule is CCCC(CNC)Cc1c(Br)c(C)nn1CC. The van der Waals surface area contributed by atoms with Crippen LogP contribution in [0.3, 0.4) is 0 Å². The molecule has 0 aliphatic rings. The van der Waals surface area contributed by atoms with Crippen molar-refractivity contribution < 1.29 is 0 Å². The summed E-state index contributed by atoms with van der Waals surface area (Å²) >= 11 is 3.67. The predicted molar refractivity (Wildman–Crippen MR) is 76.4 cm³/mol.